The van der Waals surface area contributed by atoms with E-state index in [2.05, 4.69) is 16.3 Å². The van der Waals surface area contributed by atoms with Gasteiger partial charge in [0.1, 0.15) is 10.9 Å². The van der Waals surface area contributed by atoms with Crippen LogP contribution in [0.1, 0.15) is 61.3 Å². The van der Waals surface area contributed by atoms with E-state index in [0.29, 0.717) is 6.42 Å². The van der Waals surface area contributed by atoms with Gasteiger partial charge in [0.25, 0.3) is 0 Å². The molecule has 0 radical (unpaired) electrons. The van der Waals surface area contributed by atoms with E-state index in [1.807, 2.05) is 12.1 Å². The first-order chi connectivity index (χ1) is 18.3. The zero-order valence-corrected chi connectivity index (χ0v) is 23.4. The van der Waals surface area contributed by atoms with E-state index in [0.717, 1.165) is 55.7 Å². The number of alkyl halides is 3. The Hall–Kier alpha value is -2.05. The molecule has 1 fully saturated rings. The number of aryl methyl sites for hydroxylation is 1. The molecule has 1 heterocycles. The van der Waals surface area contributed by atoms with Gasteiger partial charge in [0, 0.05) is 11.6 Å². The Kier molecular flexibility index (Phi) is 9.37. The molecule has 0 aromatic heterocycles. The number of phenols is 1. The van der Waals surface area contributed by atoms with Crippen molar-refractivity contribution in [3.05, 3.63) is 57.1 Å². The Morgan fingerprint density at radius 3 is 2.51 bits per heavy atom. The predicted octanol–water partition coefficient (Wildman–Crippen LogP) is 5.48. The highest BCUT2D eigenvalue weighted by molar-refractivity contribution is 7.89. The Morgan fingerprint density at radius 1 is 1.10 bits per heavy atom. The molecule has 3 N–H and O–H groups in total. The molecular formula is C26H30Cl2F3N3O4S. The van der Waals surface area contributed by atoms with E-state index in [9.17, 15) is 31.5 Å². The molecule has 2 aliphatic rings. The van der Waals surface area contributed by atoms with E-state index in [-0.39, 0.29) is 5.02 Å². The Morgan fingerprint density at radius 2 is 1.82 bits per heavy atom. The molecule has 1 saturated heterocycles. The minimum absolute atomic E-state index is 0.200. The summed E-state index contributed by atoms with van der Waals surface area (Å²) < 4.78 is 68.3. The van der Waals surface area contributed by atoms with Crippen LogP contribution >= 0.6 is 23.2 Å². The van der Waals surface area contributed by atoms with E-state index in [4.69, 9.17) is 23.2 Å². The average molecular weight is 609 g/mol. The summed E-state index contributed by atoms with van der Waals surface area (Å²) in [6.07, 6.45) is -0.531. The monoisotopic (exact) mass is 607 g/mol. The van der Waals surface area contributed by atoms with Crippen molar-refractivity contribution in [3.63, 3.8) is 0 Å². The molecule has 0 bridgehead atoms. The number of carbonyl (C=O) groups excluding carboxylic acids is 1. The van der Waals surface area contributed by atoms with Crippen molar-refractivity contribution in [1.82, 2.24) is 14.9 Å². The maximum atomic E-state index is 13.8. The van der Waals surface area contributed by atoms with Crippen molar-refractivity contribution < 1.29 is 31.5 Å². The van der Waals surface area contributed by atoms with Gasteiger partial charge in [-0.1, -0.05) is 47.8 Å². The van der Waals surface area contributed by atoms with E-state index in [1.165, 1.54) is 29.5 Å². The third-order valence-corrected chi connectivity index (χ3v) is 9.07. The highest BCUT2D eigenvalue weighted by Crippen LogP contribution is 2.36. The molecule has 2 aromatic rings. The van der Waals surface area contributed by atoms with Crippen molar-refractivity contribution in [3.8, 4) is 5.75 Å². The van der Waals surface area contributed by atoms with Gasteiger partial charge in [-0.05, 0) is 74.0 Å². The molecule has 2 atom stereocenters. The molecular weight excluding hydrogens is 578 g/mol. The number of fused-ring (bicyclic) bond motifs is 1. The van der Waals surface area contributed by atoms with Crippen molar-refractivity contribution >= 4 is 39.1 Å². The Bertz CT molecular complexity index is 1320. The SMILES string of the molecule is O=C(C[C@H](NS(=O)(=O)c1cc(Cl)cc(Cl)c1O)C(F)(F)F)NC1CCCc2cc(CN3CCCCC3)ccc21. The first kappa shape index (κ1) is 29.9. The van der Waals surface area contributed by atoms with Crippen LogP contribution in [0.4, 0.5) is 13.2 Å². The highest BCUT2D eigenvalue weighted by Gasteiger charge is 2.44. The number of benzene rings is 2. The van der Waals surface area contributed by atoms with Crippen LogP contribution in [0.15, 0.2) is 35.2 Å². The standard InChI is InChI=1S/C26H30Cl2F3N3O4S/c27-18-12-20(28)25(36)22(13-18)39(37,38)33-23(26(29,30)31)14-24(35)32-21-6-4-5-17-11-16(7-8-19(17)21)15-34-9-2-1-3-10-34/h7-8,11-13,21,23,33,36H,1-6,9-10,14-15H2,(H,32,35)/t21?,23-/m0/s1. The van der Waals surface area contributed by atoms with Gasteiger partial charge < -0.3 is 10.4 Å². The second kappa shape index (κ2) is 12.2. The number of hydrogen-bond donors (Lipinski definition) is 3. The van der Waals surface area contributed by atoms with E-state index < -0.39 is 56.3 Å². The summed E-state index contributed by atoms with van der Waals surface area (Å²) in [5.74, 6) is -1.90. The number of rotatable bonds is 8. The molecule has 7 nitrogen and oxygen atoms in total. The van der Waals surface area contributed by atoms with Gasteiger partial charge in [0.05, 0.1) is 17.5 Å². The molecule has 39 heavy (non-hydrogen) atoms. The number of likely N-dealkylation sites (tertiary alicyclic amines) is 1. The molecule has 0 spiro atoms. The van der Waals surface area contributed by atoms with Gasteiger partial charge >= 0.3 is 6.18 Å². The third-order valence-electron chi connectivity index (χ3n) is 7.08. The van der Waals surface area contributed by atoms with Gasteiger partial charge in [-0.25, -0.2) is 8.42 Å². The number of carbonyl (C=O) groups is 1. The van der Waals surface area contributed by atoms with Crippen molar-refractivity contribution in [1.29, 1.82) is 0 Å². The van der Waals surface area contributed by atoms with Crippen LogP contribution < -0.4 is 10.0 Å². The first-order valence-corrected chi connectivity index (χ1v) is 15.0. The number of nitrogens with one attached hydrogen (secondary N) is 2. The second-order valence-corrected chi connectivity index (χ2v) is 12.6. The Balaban J connectivity index is 1.46. The predicted molar refractivity (Wildman–Crippen MR) is 142 cm³/mol. The van der Waals surface area contributed by atoms with Gasteiger partial charge in [-0.15, -0.1) is 0 Å². The fourth-order valence-electron chi connectivity index (χ4n) is 5.15. The average Bonchev–Trinajstić information content (AvgIpc) is 2.85. The lowest BCUT2D eigenvalue weighted by Crippen LogP contribution is -2.48. The van der Waals surface area contributed by atoms with Crippen LogP contribution in [0.25, 0.3) is 0 Å². The molecule has 0 saturated carbocycles. The summed E-state index contributed by atoms with van der Waals surface area (Å²) in [7, 11) is -4.94. The molecule has 214 valence electrons. The second-order valence-electron chi connectivity index (χ2n) is 10.0. The minimum Gasteiger partial charge on any atom is -0.505 e. The van der Waals surface area contributed by atoms with Crippen molar-refractivity contribution in [2.75, 3.05) is 13.1 Å². The molecule has 1 aliphatic heterocycles. The summed E-state index contributed by atoms with van der Waals surface area (Å²) >= 11 is 11.5. The maximum absolute atomic E-state index is 13.8. The van der Waals surface area contributed by atoms with Crippen molar-refractivity contribution in [2.45, 2.75) is 74.6 Å². The van der Waals surface area contributed by atoms with Crippen LogP contribution in [0.2, 0.25) is 10.0 Å². The highest BCUT2D eigenvalue weighted by atomic mass is 35.5. The molecule has 1 unspecified atom stereocenters. The molecule has 2 aromatic carbocycles. The smallest absolute Gasteiger partial charge is 0.405 e. The first-order valence-electron chi connectivity index (χ1n) is 12.7. The number of nitrogens with zero attached hydrogens (tertiary/aromatic N) is 1. The number of sulfonamides is 1. The Labute approximate surface area is 235 Å². The molecule has 4 rings (SSSR count). The fourth-order valence-corrected chi connectivity index (χ4v) is 7.13. The number of piperidine rings is 1. The lowest BCUT2D eigenvalue weighted by molar-refractivity contribution is -0.158. The van der Waals surface area contributed by atoms with E-state index in [1.54, 1.807) is 0 Å². The lowest BCUT2D eigenvalue weighted by atomic mass is 9.86. The third kappa shape index (κ3) is 7.58. The van der Waals surface area contributed by atoms with Crippen molar-refractivity contribution in [2.24, 2.45) is 0 Å². The van der Waals surface area contributed by atoms with Gasteiger partial charge in [0.2, 0.25) is 15.9 Å². The number of hydrogen-bond acceptors (Lipinski definition) is 5. The fraction of sp³-hybridized carbons (Fsp3) is 0.500. The largest absolute Gasteiger partial charge is 0.505 e. The summed E-state index contributed by atoms with van der Waals surface area (Å²) in [6, 6.07) is 4.63. The molecule has 1 aliphatic carbocycles. The van der Waals surface area contributed by atoms with Crippen LogP contribution in [0, 0.1) is 0 Å². The van der Waals surface area contributed by atoms with E-state index >= 15 is 0 Å². The van der Waals surface area contributed by atoms with Gasteiger partial charge in [-0.3, -0.25) is 9.69 Å². The molecule has 13 heteroatoms. The zero-order chi connectivity index (χ0) is 28.4. The van der Waals surface area contributed by atoms with Crippen LogP contribution in [0.5, 0.6) is 5.75 Å². The van der Waals surface area contributed by atoms with Crippen LogP contribution in [0.3, 0.4) is 0 Å². The summed E-state index contributed by atoms with van der Waals surface area (Å²) in [5.41, 5.74) is 3.08. The lowest BCUT2D eigenvalue weighted by Gasteiger charge is -2.30. The summed E-state index contributed by atoms with van der Waals surface area (Å²) in [4.78, 5) is 14.2. The van der Waals surface area contributed by atoms with Gasteiger partial charge in [-0.2, -0.15) is 17.9 Å². The zero-order valence-electron chi connectivity index (χ0n) is 21.0. The summed E-state index contributed by atoms with van der Waals surface area (Å²) in [5, 5.41) is 12.0. The summed E-state index contributed by atoms with van der Waals surface area (Å²) in [6.45, 7) is 2.96. The quantitative estimate of drug-likeness (QED) is 0.369. The number of amides is 1. The van der Waals surface area contributed by atoms with Gasteiger partial charge in [0.15, 0.2) is 5.75 Å². The normalized spacial score (nSPS) is 19.4. The minimum atomic E-state index is -5.09. The van der Waals surface area contributed by atoms with Crippen LogP contribution in [-0.2, 0) is 27.8 Å². The van der Waals surface area contributed by atoms with Crippen LogP contribution in [-0.4, -0.2) is 49.6 Å². The number of halogens is 5. The maximum Gasteiger partial charge on any atom is 0.405 e. The molecule has 1 amide bonds. The topological polar surface area (TPSA) is 98.7 Å². The number of phenolic OH excluding ortho intramolecular Hbond substituents is 1. The number of aromatic hydroxyl groups is 1.